The van der Waals surface area contributed by atoms with Crippen molar-refractivity contribution < 1.29 is 9.90 Å². The molecule has 2 aromatic carbocycles. The van der Waals surface area contributed by atoms with Crippen molar-refractivity contribution in [2.75, 3.05) is 0 Å². The van der Waals surface area contributed by atoms with E-state index in [1.807, 2.05) is 30.3 Å². The van der Waals surface area contributed by atoms with E-state index in [2.05, 4.69) is 9.97 Å². The summed E-state index contributed by atoms with van der Waals surface area (Å²) in [5, 5.41) is 10.8. The van der Waals surface area contributed by atoms with E-state index in [-0.39, 0.29) is 5.69 Å². The molecule has 0 aliphatic heterocycles. The van der Waals surface area contributed by atoms with Crippen molar-refractivity contribution in [3.05, 3.63) is 80.7 Å². The molecular formula is C19H15ClN2O3. The van der Waals surface area contributed by atoms with Crippen LogP contribution < -0.4 is 5.56 Å². The van der Waals surface area contributed by atoms with Gasteiger partial charge < -0.3 is 10.1 Å². The fraction of sp³-hybridized carbons (Fsp3) is 0.105. The van der Waals surface area contributed by atoms with Crippen LogP contribution in [0.3, 0.4) is 0 Å². The number of hydrogen-bond acceptors (Lipinski definition) is 4. The molecule has 0 saturated carbocycles. The predicted octanol–water partition coefficient (Wildman–Crippen LogP) is 3.22. The number of aromatic amines is 1. The zero-order chi connectivity index (χ0) is 18.0. The van der Waals surface area contributed by atoms with Gasteiger partial charge in [-0.15, -0.1) is 0 Å². The number of hydrogen-bond donors (Lipinski definition) is 2. The van der Waals surface area contributed by atoms with Crippen LogP contribution in [0.1, 0.15) is 23.0 Å². The summed E-state index contributed by atoms with van der Waals surface area (Å²) < 4.78 is 0. The fourth-order valence-corrected chi connectivity index (χ4v) is 2.63. The minimum atomic E-state index is -1.45. The summed E-state index contributed by atoms with van der Waals surface area (Å²) in [4.78, 5) is 31.3. The lowest BCUT2D eigenvalue weighted by molar-refractivity contribution is 0.0800. The van der Waals surface area contributed by atoms with Crippen molar-refractivity contribution in [3.8, 4) is 0 Å². The zero-order valence-corrected chi connectivity index (χ0v) is 14.1. The van der Waals surface area contributed by atoms with Gasteiger partial charge in [-0.1, -0.05) is 48.0 Å². The van der Waals surface area contributed by atoms with E-state index in [0.717, 1.165) is 5.56 Å². The van der Waals surface area contributed by atoms with Crippen LogP contribution in [-0.4, -0.2) is 27.0 Å². The molecule has 1 atom stereocenters. The summed E-state index contributed by atoms with van der Waals surface area (Å²) in [6.07, 6.45) is 0.246. The SMILES string of the molecule is C/C(=C\c1ccccc1)C(O)C(=O)c1nc2ccc(Cl)cc2[nH]c1=O. The summed E-state index contributed by atoms with van der Waals surface area (Å²) in [6, 6.07) is 14.1. The third-order valence-corrected chi connectivity index (χ3v) is 4.00. The molecule has 0 amide bonds. The van der Waals surface area contributed by atoms with Gasteiger partial charge in [0.05, 0.1) is 11.0 Å². The van der Waals surface area contributed by atoms with Gasteiger partial charge in [0, 0.05) is 5.02 Å². The lowest BCUT2D eigenvalue weighted by atomic mass is 10.0. The molecule has 6 heteroatoms. The first-order valence-corrected chi connectivity index (χ1v) is 7.98. The van der Waals surface area contributed by atoms with Gasteiger partial charge >= 0.3 is 0 Å². The van der Waals surface area contributed by atoms with Crippen molar-refractivity contribution in [1.82, 2.24) is 9.97 Å². The first-order chi connectivity index (χ1) is 12.0. The van der Waals surface area contributed by atoms with Crippen molar-refractivity contribution >= 4 is 34.5 Å². The molecule has 0 fully saturated rings. The Morgan fingerprint density at radius 2 is 1.96 bits per heavy atom. The van der Waals surface area contributed by atoms with E-state index >= 15 is 0 Å². The number of rotatable bonds is 4. The second-order valence-electron chi connectivity index (χ2n) is 5.64. The van der Waals surface area contributed by atoms with Crippen LogP contribution in [0.15, 0.2) is 58.9 Å². The monoisotopic (exact) mass is 354 g/mol. The highest BCUT2D eigenvalue weighted by Crippen LogP contribution is 2.16. The molecular weight excluding hydrogens is 340 g/mol. The first-order valence-electron chi connectivity index (χ1n) is 7.61. The van der Waals surface area contributed by atoms with Crippen LogP contribution in [0.4, 0.5) is 0 Å². The van der Waals surface area contributed by atoms with Gasteiger partial charge in [0.2, 0.25) is 5.78 Å². The Morgan fingerprint density at radius 1 is 1.24 bits per heavy atom. The molecule has 1 aromatic heterocycles. The number of benzene rings is 2. The van der Waals surface area contributed by atoms with E-state index in [9.17, 15) is 14.7 Å². The Labute approximate surface area is 148 Å². The van der Waals surface area contributed by atoms with Crippen LogP contribution in [-0.2, 0) is 0 Å². The van der Waals surface area contributed by atoms with E-state index in [4.69, 9.17) is 11.6 Å². The van der Waals surface area contributed by atoms with E-state index in [0.29, 0.717) is 21.6 Å². The number of carbonyl (C=O) groups excluding carboxylic acids is 1. The Kier molecular flexibility index (Phi) is 4.79. The van der Waals surface area contributed by atoms with Crippen LogP contribution in [0, 0.1) is 0 Å². The molecule has 0 aliphatic carbocycles. The number of Topliss-reactive ketones (excluding diaryl/α,β-unsaturated/α-hetero) is 1. The second kappa shape index (κ2) is 7.01. The quantitative estimate of drug-likeness (QED) is 0.705. The average molecular weight is 355 g/mol. The summed E-state index contributed by atoms with van der Waals surface area (Å²) in [6.45, 7) is 1.63. The molecule has 0 saturated heterocycles. The smallest absolute Gasteiger partial charge is 0.278 e. The van der Waals surface area contributed by atoms with Gasteiger partial charge in [-0.25, -0.2) is 4.98 Å². The Balaban J connectivity index is 1.96. The Bertz CT molecular complexity index is 1030. The van der Waals surface area contributed by atoms with Crippen LogP contribution >= 0.6 is 11.6 Å². The third kappa shape index (κ3) is 3.68. The number of ketones is 1. The van der Waals surface area contributed by atoms with E-state index in [1.54, 1.807) is 31.2 Å². The molecule has 0 aliphatic rings. The number of aromatic nitrogens is 2. The average Bonchev–Trinajstić information content (AvgIpc) is 2.60. The number of H-pyrrole nitrogens is 1. The van der Waals surface area contributed by atoms with Gasteiger partial charge in [-0.3, -0.25) is 9.59 Å². The maximum Gasteiger partial charge on any atom is 0.278 e. The van der Waals surface area contributed by atoms with Gasteiger partial charge in [0.15, 0.2) is 5.69 Å². The summed E-state index contributed by atoms with van der Waals surface area (Å²) >= 11 is 5.88. The van der Waals surface area contributed by atoms with E-state index < -0.39 is 17.4 Å². The maximum absolute atomic E-state index is 12.5. The molecule has 3 rings (SSSR count). The molecule has 0 spiro atoms. The molecule has 5 nitrogen and oxygen atoms in total. The van der Waals surface area contributed by atoms with Crippen molar-refractivity contribution in [3.63, 3.8) is 0 Å². The maximum atomic E-state index is 12.5. The van der Waals surface area contributed by atoms with Crippen molar-refractivity contribution in [2.24, 2.45) is 0 Å². The second-order valence-corrected chi connectivity index (χ2v) is 6.08. The van der Waals surface area contributed by atoms with Gasteiger partial charge in [0.1, 0.15) is 6.10 Å². The van der Waals surface area contributed by atoms with E-state index in [1.165, 1.54) is 0 Å². The molecule has 1 unspecified atom stereocenters. The van der Waals surface area contributed by atoms with Crippen molar-refractivity contribution in [1.29, 1.82) is 0 Å². The lowest BCUT2D eigenvalue weighted by Gasteiger charge is -2.10. The molecule has 3 aromatic rings. The normalized spacial score (nSPS) is 13.0. The topological polar surface area (TPSA) is 83.0 Å². The minimum absolute atomic E-state index is 0.330. The van der Waals surface area contributed by atoms with Crippen LogP contribution in [0.2, 0.25) is 5.02 Å². The summed E-state index contributed by atoms with van der Waals surface area (Å²) in [5.74, 6) is -0.747. The Morgan fingerprint density at radius 3 is 2.68 bits per heavy atom. The third-order valence-electron chi connectivity index (χ3n) is 3.76. The molecule has 0 bridgehead atoms. The van der Waals surface area contributed by atoms with Crippen molar-refractivity contribution in [2.45, 2.75) is 13.0 Å². The zero-order valence-electron chi connectivity index (χ0n) is 13.4. The number of carbonyl (C=O) groups is 1. The number of halogens is 1. The highest BCUT2D eigenvalue weighted by Gasteiger charge is 2.23. The van der Waals surface area contributed by atoms with Gasteiger partial charge in [-0.2, -0.15) is 0 Å². The number of aliphatic hydroxyl groups is 1. The van der Waals surface area contributed by atoms with Gasteiger partial charge in [-0.05, 0) is 36.3 Å². The Hall–Kier alpha value is -2.76. The number of nitrogens with zero attached hydrogens (tertiary/aromatic N) is 1. The standard InChI is InChI=1S/C19H15ClN2O3/c1-11(9-12-5-3-2-4-6-12)17(23)18(24)16-19(25)22-15-10-13(20)7-8-14(15)21-16/h2-10,17,23H,1H3,(H,22,25)/b11-9+. The fourth-order valence-electron chi connectivity index (χ4n) is 2.45. The number of fused-ring (bicyclic) bond motifs is 1. The minimum Gasteiger partial charge on any atom is -0.380 e. The highest BCUT2D eigenvalue weighted by molar-refractivity contribution is 6.31. The molecule has 126 valence electrons. The van der Waals surface area contributed by atoms with Gasteiger partial charge in [0.25, 0.3) is 5.56 Å². The number of nitrogens with one attached hydrogen (secondary N) is 1. The predicted molar refractivity (Wildman–Crippen MR) is 97.8 cm³/mol. The molecule has 0 radical (unpaired) electrons. The first kappa shape index (κ1) is 17.1. The largest absolute Gasteiger partial charge is 0.380 e. The highest BCUT2D eigenvalue weighted by atomic mass is 35.5. The molecule has 2 N–H and O–H groups in total. The molecule has 1 heterocycles. The van der Waals surface area contributed by atoms with Crippen LogP contribution in [0.25, 0.3) is 17.1 Å². The lowest BCUT2D eigenvalue weighted by Crippen LogP contribution is -2.29. The molecule has 25 heavy (non-hydrogen) atoms. The summed E-state index contributed by atoms with van der Waals surface area (Å²) in [5.41, 5.74) is 1.13. The number of aliphatic hydroxyl groups excluding tert-OH is 1. The summed E-state index contributed by atoms with van der Waals surface area (Å²) in [7, 11) is 0. The van der Waals surface area contributed by atoms with Crippen LogP contribution in [0.5, 0.6) is 0 Å².